The molecule has 4 N–H and O–H groups in total. The van der Waals surface area contributed by atoms with E-state index in [4.69, 9.17) is 11.5 Å². The topological polar surface area (TPSA) is 139 Å². The number of nitrogens with zero attached hydrogens (tertiary/aromatic N) is 4. The van der Waals surface area contributed by atoms with Crippen molar-refractivity contribution < 1.29 is 9.59 Å². The number of nitriles is 1. The Bertz CT molecular complexity index is 1020. The number of amides is 3. The number of carbonyl (C=O) groups excluding carboxylic acids is 2. The maximum atomic E-state index is 12.4. The summed E-state index contributed by atoms with van der Waals surface area (Å²) in [5, 5.41) is 9.92. The van der Waals surface area contributed by atoms with Gasteiger partial charge < -0.3 is 16.4 Å². The largest absolute Gasteiger partial charge is 0.367 e. The summed E-state index contributed by atoms with van der Waals surface area (Å²) < 4.78 is 0. The minimum Gasteiger partial charge on any atom is -0.367 e. The van der Waals surface area contributed by atoms with Crippen LogP contribution in [0.1, 0.15) is 42.1 Å². The predicted molar refractivity (Wildman–Crippen MR) is 103 cm³/mol. The van der Waals surface area contributed by atoms with E-state index in [1.165, 1.54) is 16.2 Å². The maximum absolute atomic E-state index is 12.4. The lowest BCUT2D eigenvalue weighted by Crippen LogP contribution is -2.55. The molecule has 0 bridgehead atoms. The third kappa shape index (κ3) is 2.56. The molecule has 28 heavy (non-hydrogen) atoms. The van der Waals surface area contributed by atoms with Gasteiger partial charge in [0.2, 0.25) is 0 Å². The van der Waals surface area contributed by atoms with E-state index in [9.17, 15) is 14.9 Å². The SMILES string of the molecule is Cc1nc(C2(C(N)=O)CCCN2C(N)=O)sc1-c1ccnc(C2(C#N)CC2)c1. The van der Waals surface area contributed by atoms with Gasteiger partial charge in [-0.05, 0) is 50.3 Å². The summed E-state index contributed by atoms with van der Waals surface area (Å²) in [5.74, 6) is -0.624. The number of hydrogen-bond donors (Lipinski definition) is 2. The van der Waals surface area contributed by atoms with Gasteiger partial charge in [0.1, 0.15) is 5.01 Å². The highest BCUT2D eigenvalue weighted by Crippen LogP contribution is 2.48. The first-order valence-electron chi connectivity index (χ1n) is 9.07. The molecule has 0 aromatic carbocycles. The molecular weight excluding hydrogens is 376 g/mol. The Morgan fingerprint density at radius 1 is 1.32 bits per heavy atom. The molecule has 1 aliphatic heterocycles. The van der Waals surface area contributed by atoms with E-state index in [2.05, 4.69) is 16.0 Å². The summed E-state index contributed by atoms with van der Waals surface area (Å²) in [6.07, 6.45) is 4.34. The minimum absolute atomic E-state index is 0.371. The molecule has 1 aliphatic carbocycles. The van der Waals surface area contributed by atoms with E-state index in [1.807, 2.05) is 19.1 Å². The second-order valence-electron chi connectivity index (χ2n) is 7.38. The van der Waals surface area contributed by atoms with Crippen molar-refractivity contribution in [2.75, 3.05) is 6.54 Å². The van der Waals surface area contributed by atoms with Crippen LogP contribution < -0.4 is 11.5 Å². The zero-order valence-electron chi connectivity index (χ0n) is 15.4. The lowest BCUT2D eigenvalue weighted by Gasteiger charge is -2.32. The lowest BCUT2D eigenvalue weighted by molar-refractivity contribution is -0.127. The molecule has 0 radical (unpaired) electrons. The number of primary amides is 2. The first kappa shape index (κ1) is 18.4. The number of rotatable bonds is 4. The van der Waals surface area contributed by atoms with Crippen molar-refractivity contribution in [3.05, 3.63) is 34.7 Å². The fourth-order valence-electron chi connectivity index (χ4n) is 3.93. The summed E-state index contributed by atoms with van der Waals surface area (Å²) in [6, 6.07) is 5.45. The van der Waals surface area contributed by atoms with Crippen LogP contribution in [0.25, 0.3) is 10.4 Å². The first-order chi connectivity index (χ1) is 13.3. The van der Waals surface area contributed by atoms with E-state index in [0.29, 0.717) is 24.4 Å². The Morgan fingerprint density at radius 2 is 2.07 bits per heavy atom. The molecule has 9 heteroatoms. The summed E-state index contributed by atoms with van der Waals surface area (Å²) in [6.45, 7) is 2.22. The highest BCUT2D eigenvalue weighted by atomic mass is 32.1. The fraction of sp³-hybridized carbons (Fsp3) is 0.421. The molecule has 1 unspecified atom stereocenters. The normalized spacial score (nSPS) is 22.6. The van der Waals surface area contributed by atoms with Crippen LogP contribution in [0.5, 0.6) is 0 Å². The van der Waals surface area contributed by atoms with Gasteiger partial charge in [0.25, 0.3) is 5.91 Å². The Kier molecular flexibility index (Phi) is 4.12. The Balaban J connectivity index is 1.79. The van der Waals surface area contributed by atoms with Gasteiger partial charge in [0, 0.05) is 12.7 Å². The molecule has 2 aliphatic rings. The van der Waals surface area contributed by atoms with E-state index in [0.717, 1.165) is 34.7 Å². The van der Waals surface area contributed by atoms with Gasteiger partial charge >= 0.3 is 6.03 Å². The van der Waals surface area contributed by atoms with Crippen LogP contribution in [-0.2, 0) is 15.7 Å². The zero-order chi connectivity index (χ0) is 20.1. The molecule has 8 nitrogen and oxygen atoms in total. The van der Waals surface area contributed by atoms with Crippen LogP contribution in [0.3, 0.4) is 0 Å². The molecule has 2 fully saturated rings. The molecule has 144 valence electrons. The van der Waals surface area contributed by atoms with Crippen LogP contribution in [-0.4, -0.2) is 33.4 Å². The molecule has 2 aromatic rings. The third-order valence-electron chi connectivity index (χ3n) is 5.68. The van der Waals surface area contributed by atoms with Gasteiger partial charge in [-0.15, -0.1) is 11.3 Å². The van der Waals surface area contributed by atoms with Crippen molar-refractivity contribution in [2.45, 2.75) is 43.6 Å². The number of pyridine rings is 1. The molecule has 0 spiro atoms. The lowest BCUT2D eigenvalue weighted by atomic mass is 9.96. The van der Waals surface area contributed by atoms with Gasteiger partial charge in [-0.3, -0.25) is 9.78 Å². The number of aromatic nitrogens is 2. The van der Waals surface area contributed by atoms with Crippen LogP contribution in [0.2, 0.25) is 0 Å². The van der Waals surface area contributed by atoms with Crippen molar-refractivity contribution >= 4 is 23.3 Å². The van der Waals surface area contributed by atoms with E-state index >= 15 is 0 Å². The molecule has 1 saturated heterocycles. The smallest absolute Gasteiger partial charge is 0.316 e. The molecule has 1 atom stereocenters. The minimum atomic E-state index is -1.31. The number of nitrogens with two attached hydrogens (primary N) is 2. The van der Waals surface area contributed by atoms with E-state index < -0.39 is 22.9 Å². The predicted octanol–water partition coefficient (Wildman–Crippen LogP) is 1.92. The maximum Gasteiger partial charge on any atom is 0.316 e. The van der Waals surface area contributed by atoms with Crippen LogP contribution >= 0.6 is 11.3 Å². The number of likely N-dealkylation sites (tertiary alicyclic amines) is 1. The number of hydrogen-bond acceptors (Lipinski definition) is 6. The van der Waals surface area contributed by atoms with Gasteiger partial charge in [-0.25, -0.2) is 9.78 Å². The molecular formula is C19H20N6O2S. The van der Waals surface area contributed by atoms with Crippen molar-refractivity contribution in [1.29, 1.82) is 5.26 Å². The Hall–Kier alpha value is -2.99. The van der Waals surface area contributed by atoms with Crippen LogP contribution in [0.15, 0.2) is 18.3 Å². The molecule has 3 heterocycles. The van der Waals surface area contributed by atoms with Crippen LogP contribution in [0.4, 0.5) is 4.79 Å². The van der Waals surface area contributed by atoms with Crippen molar-refractivity contribution in [3.63, 3.8) is 0 Å². The summed E-state index contributed by atoms with van der Waals surface area (Å²) in [4.78, 5) is 35.5. The van der Waals surface area contributed by atoms with Gasteiger partial charge in [0.15, 0.2) is 5.54 Å². The van der Waals surface area contributed by atoms with Crippen LogP contribution in [0, 0.1) is 18.3 Å². The molecule has 2 aromatic heterocycles. The summed E-state index contributed by atoms with van der Waals surface area (Å²) in [7, 11) is 0. The quantitative estimate of drug-likeness (QED) is 0.813. The standard InChI is InChI=1S/C19H20N6O2S/c1-11-14(12-3-7-23-13(9-12)18(10-20)5-6-18)28-16(24-11)19(15(21)26)4-2-8-25(19)17(22)27/h3,7,9H,2,4-6,8H2,1H3,(H2,21,26)(H2,22,27). The molecule has 1 saturated carbocycles. The monoisotopic (exact) mass is 396 g/mol. The van der Waals surface area contributed by atoms with Crippen molar-refractivity contribution in [2.24, 2.45) is 11.5 Å². The third-order valence-corrected chi connectivity index (χ3v) is 7.04. The Labute approximate surface area is 166 Å². The molecule has 4 rings (SSSR count). The Morgan fingerprint density at radius 3 is 2.68 bits per heavy atom. The number of urea groups is 1. The number of thiazole rings is 1. The second-order valence-corrected chi connectivity index (χ2v) is 8.37. The van der Waals surface area contributed by atoms with Gasteiger partial charge in [-0.1, -0.05) is 0 Å². The highest BCUT2D eigenvalue weighted by molar-refractivity contribution is 7.15. The van der Waals surface area contributed by atoms with Gasteiger partial charge in [-0.2, -0.15) is 5.26 Å². The van der Waals surface area contributed by atoms with Crippen molar-refractivity contribution in [1.82, 2.24) is 14.9 Å². The summed E-state index contributed by atoms with van der Waals surface area (Å²) in [5.41, 5.74) is 11.8. The first-order valence-corrected chi connectivity index (χ1v) is 9.89. The number of carbonyl (C=O) groups is 2. The average molecular weight is 396 g/mol. The fourth-order valence-corrected chi connectivity index (χ4v) is 5.22. The molecule has 3 amide bonds. The van der Waals surface area contributed by atoms with Crippen molar-refractivity contribution in [3.8, 4) is 16.5 Å². The van der Waals surface area contributed by atoms with Gasteiger partial charge in [0.05, 0.1) is 27.7 Å². The number of aryl methyl sites for hydroxylation is 1. The highest BCUT2D eigenvalue weighted by Gasteiger charge is 2.52. The van der Waals surface area contributed by atoms with E-state index in [-0.39, 0.29) is 0 Å². The van der Waals surface area contributed by atoms with E-state index in [1.54, 1.807) is 6.20 Å². The average Bonchev–Trinajstić information content (AvgIpc) is 3.17. The second kappa shape index (κ2) is 6.27. The summed E-state index contributed by atoms with van der Waals surface area (Å²) >= 11 is 1.33. The zero-order valence-corrected chi connectivity index (χ0v) is 16.3.